The lowest BCUT2D eigenvalue weighted by Crippen LogP contribution is -2.33. The molecule has 0 spiro atoms. The minimum atomic E-state index is -3.44. The lowest BCUT2D eigenvalue weighted by molar-refractivity contribution is 0.471. The first-order valence-corrected chi connectivity index (χ1v) is 8.44. The molecule has 1 heterocycles. The minimum Gasteiger partial charge on any atom is -0.326 e. The normalized spacial score (nSPS) is 20.6. The van der Waals surface area contributed by atoms with Crippen molar-refractivity contribution in [2.75, 3.05) is 13.1 Å². The van der Waals surface area contributed by atoms with Gasteiger partial charge in [-0.25, -0.2) is 8.42 Å². The summed E-state index contributed by atoms with van der Waals surface area (Å²) in [5.41, 5.74) is 10.9. The quantitative estimate of drug-likeness (QED) is 0.907. The summed E-state index contributed by atoms with van der Waals surface area (Å²) in [7, 11) is -3.44. The second-order valence-electron chi connectivity index (χ2n) is 5.87. The molecule has 2 rings (SSSR count). The topological polar surface area (TPSA) is 63.4 Å². The van der Waals surface area contributed by atoms with Crippen LogP contribution in [0, 0.1) is 34.6 Å². The number of benzene rings is 1. The maximum Gasteiger partial charge on any atom is 0.243 e. The molecule has 0 bridgehead atoms. The van der Waals surface area contributed by atoms with E-state index in [-0.39, 0.29) is 6.04 Å². The zero-order chi connectivity index (χ0) is 15.2. The van der Waals surface area contributed by atoms with Crippen molar-refractivity contribution < 1.29 is 8.42 Å². The predicted molar refractivity (Wildman–Crippen MR) is 81.5 cm³/mol. The van der Waals surface area contributed by atoms with Gasteiger partial charge in [-0.1, -0.05) is 0 Å². The molecule has 1 aliphatic heterocycles. The van der Waals surface area contributed by atoms with Gasteiger partial charge in [-0.2, -0.15) is 4.31 Å². The van der Waals surface area contributed by atoms with Crippen LogP contribution in [0.5, 0.6) is 0 Å². The third-order valence-electron chi connectivity index (χ3n) is 4.72. The Hall–Kier alpha value is -0.910. The van der Waals surface area contributed by atoms with Crippen LogP contribution >= 0.6 is 0 Å². The van der Waals surface area contributed by atoms with Gasteiger partial charge in [0.1, 0.15) is 0 Å². The summed E-state index contributed by atoms with van der Waals surface area (Å²) in [5, 5.41) is 0. The van der Waals surface area contributed by atoms with Crippen LogP contribution in [0.2, 0.25) is 0 Å². The summed E-state index contributed by atoms with van der Waals surface area (Å²) < 4.78 is 27.3. The van der Waals surface area contributed by atoms with Crippen molar-refractivity contribution >= 4 is 10.0 Å². The fourth-order valence-corrected chi connectivity index (χ4v) is 5.03. The SMILES string of the molecule is Cc1c(C)c(C)c(S(=O)(=O)N2CC[C@H](N)C2)c(C)c1C. The molecule has 0 aliphatic carbocycles. The van der Waals surface area contributed by atoms with E-state index in [2.05, 4.69) is 0 Å². The average Bonchev–Trinajstić information content (AvgIpc) is 2.81. The van der Waals surface area contributed by atoms with Gasteiger partial charge in [0.05, 0.1) is 4.90 Å². The minimum absolute atomic E-state index is 0.0435. The highest BCUT2D eigenvalue weighted by Gasteiger charge is 2.34. The first-order valence-electron chi connectivity index (χ1n) is 7.00. The summed E-state index contributed by atoms with van der Waals surface area (Å²) in [6.45, 7) is 10.8. The molecule has 1 fully saturated rings. The van der Waals surface area contributed by atoms with E-state index >= 15 is 0 Å². The Morgan fingerprint density at radius 1 is 0.950 bits per heavy atom. The summed E-state index contributed by atoms with van der Waals surface area (Å²) >= 11 is 0. The number of nitrogens with two attached hydrogens (primary N) is 1. The van der Waals surface area contributed by atoms with Crippen LogP contribution in [-0.2, 0) is 10.0 Å². The molecule has 0 unspecified atom stereocenters. The van der Waals surface area contributed by atoms with Gasteiger partial charge in [0.25, 0.3) is 0 Å². The summed E-state index contributed by atoms with van der Waals surface area (Å²) in [5.74, 6) is 0. The number of nitrogens with zero attached hydrogens (tertiary/aromatic N) is 1. The molecule has 4 nitrogen and oxygen atoms in total. The van der Waals surface area contributed by atoms with Crippen LogP contribution in [0.15, 0.2) is 4.90 Å². The Morgan fingerprint density at radius 3 is 1.80 bits per heavy atom. The molecule has 0 amide bonds. The fraction of sp³-hybridized carbons (Fsp3) is 0.600. The maximum absolute atomic E-state index is 12.9. The second kappa shape index (κ2) is 5.13. The molecule has 1 aromatic carbocycles. The van der Waals surface area contributed by atoms with Gasteiger partial charge in [-0.3, -0.25) is 0 Å². The zero-order valence-electron chi connectivity index (χ0n) is 12.9. The maximum atomic E-state index is 12.9. The highest BCUT2D eigenvalue weighted by molar-refractivity contribution is 7.89. The van der Waals surface area contributed by atoms with Crippen molar-refractivity contribution in [3.8, 4) is 0 Å². The van der Waals surface area contributed by atoms with Crippen molar-refractivity contribution in [2.45, 2.75) is 52.0 Å². The predicted octanol–water partition coefficient (Wildman–Crippen LogP) is 1.95. The van der Waals surface area contributed by atoms with E-state index in [1.165, 1.54) is 9.87 Å². The van der Waals surface area contributed by atoms with Crippen molar-refractivity contribution in [3.63, 3.8) is 0 Å². The summed E-state index contributed by atoms with van der Waals surface area (Å²) in [6.07, 6.45) is 0.737. The van der Waals surface area contributed by atoms with E-state index in [1.807, 2.05) is 34.6 Å². The molecule has 1 aliphatic rings. The molecule has 2 N–H and O–H groups in total. The largest absolute Gasteiger partial charge is 0.326 e. The van der Waals surface area contributed by atoms with Gasteiger partial charge < -0.3 is 5.73 Å². The van der Waals surface area contributed by atoms with E-state index in [1.54, 1.807) is 0 Å². The first-order chi connectivity index (χ1) is 9.17. The van der Waals surface area contributed by atoms with Gasteiger partial charge in [0.15, 0.2) is 0 Å². The molecular formula is C15H24N2O2S. The Morgan fingerprint density at radius 2 is 1.40 bits per heavy atom. The average molecular weight is 296 g/mol. The number of hydrogen-bond donors (Lipinski definition) is 1. The van der Waals surface area contributed by atoms with E-state index in [9.17, 15) is 8.42 Å². The van der Waals surface area contributed by atoms with E-state index in [0.29, 0.717) is 18.0 Å². The molecule has 5 heteroatoms. The highest BCUT2D eigenvalue weighted by Crippen LogP contribution is 2.32. The Labute approximate surface area is 122 Å². The Kier molecular flexibility index (Phi) is 3.97. The van der Waals surface area contributed by atoms with Crippen molar-refractivity contribution in [2.24, 2.45) is 5.73 Å². The van der Waals surface area contributed by atoms with Crippen LogP contribution in [0.25, 0.3) is 0 Å². The van der Waals surface area contributed by atoms with Crippen LogP contribution in [0.1, 0.15) is 34.2 Å². The van der Waals surface area contributed by atoms with Gasteiger partial charge in [0.2, 0.25) is 10.0 Å². The van der Waals surface area contributed by atoms with Crippen LogP contribution in [0.3, 0.4) is 0 Å². The summed E-state index contributed by atoms with van der Waals surface area (Å²) in [6, 6.07) is -0.0435. The Bertz CT molecular complexity index is 621. The smallest absolute Gasteiger partial charge is 0.243 e. The lowest BCUT2D eigenvalue weighted by Gasteiger charge is -2.23. The van der Waals surface area contributed by atoms with E-state index in [4.69, 9.17) is 5.73 Å². The molecular weight excluding hydrogens is 272 g/mol. The van der Waals surface area contributed by atoms with Gasteiger partial charge in [-0.05, 0) is 68.9 Å². The Balaban J connectivity index is 2.64. The molecule has 1 aromatic rings. The van der Waals surface area contributed by atoms with Crippen LogP contribution in [0.4, 0.5) is 0 Å². The van der Waals surface area contributed by atoms with Crippen molar-refractivity contribution in [1.29, 1.82) is 0 Å². The molecule has 0 aromatic heterocycles. The van der Waals surface area contributed by atoms with Crippen LogP contribution < -0.4 is 5.73 Å². The van der Waals surface area contributed by atoms with E-state index < -0.39 is 10.0 Å². The standard InChI is InChI=1S/C15H24N2O2S/c1-9-10(2)12(4)15(13(5)11(9)3)20(18,19)17-7-6-14(16)8-17/h14H,6-8,16H2,1-5H3/t14-/m0/s1. The monoisotopic (exact) mass is 296 g/mol. The fourth-order valence-electron chi connectivity index (χ4n) is 2.95. The lowest BCUT2D eigenvalue weighted by atomic mass is 9.95. The number of rotatable bonds is 2. The third-order valence-corrected chi connectivity index (χ3v) is 6.86. The van der Waals surface area contributed by atoms with Gasteiger partial charge in [0, 0.05) is 19.1 Å². The van der Waals surface area contributed by atoms with Crippen LogP contribution in [-0.4, -0.2) is 31.9 Å². The first kappa shape index (κ1) is 15.5. The molecule has 0 radical (unpaired) electrons. The third kappa shape index (κ3) is 2.28. The highest BCUT2D eigenvalue weighted by atomic mass is 32.2. The molecule has 1 atom stereocenters. The van der Waals surface area contributed by atoms with Crippen molar-refractivity contribution in [1.82, 2.24) is 4.31 Å². The summed E-state index contributed by atoms with van der Waals surface area (Å²) in [4.78, 5) is 0.479. The molecule has 20 heavy (non-hydrogen) atoms. The number of sulfonamides is 1. The van der Waals surface area contributed by atoms with E-state index in [0.717, 1.165) is 28.7 Å². The number of hydrogen-bond acceptors (Lipinski definition) is 3. The van der Waals surface area contributed by atoms with Gasteiger partial charge in [-0.15, -0.1) is 0 Å². The zero-order valence-corrected chi connectivity index (χ0v) is 13.8. The van der Waals surface area contributed by atoms with Gasteiger partial charge >= 0.3 is 0 Å². The van der Waals surface area contributed by atoms with Crippen molar-refractivity contribution in [3.05, 3.63) is 27.8 Å². The molecule has 0 saturated carbocycles. The molecule has 112 valence electrons. The molecule has 1 saturated heterocycles. The second-order valence-corrected chi connectivity index (χ2v) is 7.74.